The van der Waals surface area contributed by atoms with Gasteiger partial charge in [0.05, 0.1) is 0 Å². The molecule has 0 spiro atoms. The van der Waals surface area contributed by atoms with Crippen LogP contribution in [0.15, 0.2) is 24.5 Å². The Kier molecular flexibility index (Phi) is 1.57. The molecule has 0 fully saturated rings. The molecule has 2 rings (SSSR count). The third-order valence-corrected chi connectivity index (χ3v) is 1.94. The Morgan fingerprint density at radius 3 is 2.21 bits per heavy atom. The Balaban J connectivity index is 3.05. The van der Waals surface area contributed by atoms with Gasteiger partial charge in [0.2, 0.25) is 12.4 Å². The summed E-state index contributed by atoms with van der Waals surface area (Å²) >= 11 is 0. The molecule has 0 amide bonds. The molecule has 0 radical (unpaired) electrons. The first-order valence-corrected chi connectivity index (χ1v) is 3.84. The van der Waals surface area contributed by atoms with Gasteiger partial charge in [0.1, 0.15) is 5.69 Å². The van der Waals surface area contributed by atoms with Gasteiger partial charge in [-0.25, -0.2) is 0 Å². The summed E-state index contributed by atoms with van der Waals surface area (Å²) in [6.45, 7) is 0. The molecule has 1 aromatic carbocycles. The first-order chi connectivity index (χ1) is 6.61. The van der Waals surface area contributed by atoms with E-state index >= 15 is 0 Å². The third-order valence-electron chi connectivity index (χ3n) is 1.94. The first-order valence-electron chi connectivity index (χ1n) is 3.84. The van der Waals surface area contributed by atoms with Crippen LogP contribution in [0.1, 0.15) is 0 Å². The lowest BCUT2D eigenvalue weighted by molar-refractivity contribution is -0.628. The lowest BCUT2D eigenvalue weighted by atomic mass is 10.2. The van der Waals surface area contributed by atoms with Gasteiger partial charge >= 0.3 is 11.0 Å². The number of benzene rings is 1. The van der Waals surface area contributed by atoms with Crippen molar-refractivity contribution < 1.29 is 14.6 Å². The average Bonchev–Trinajstić information content (AvgIpc) is 2.16. The smallest absolute Gasteiger partial charge is 0.334 e. The summed E-state index contributed by atoms with van der Waals surface area (Å²) in [5, 5.41) is 31.9. The van der Waals surface area contributed by atoms with Crippen molar-refractivity contribution in [3.05, 3.63) is 34.9 Å². The van der Waals surface area contributed by atoms with E-state index in [-0.39, 0.29) is 22.5 Å². The van der Waals surface area contributed by atoms with Crippen molar-refractivity contribution in [3.8, 4) is 5.75 Å². The average molecular weight is 193 g/mol. The number of phenols is 1. The predicted molar refractivity (Wildman–Crippen MR) is 47.9 cm³/mol. The van der Waals surface area contributed by atoms with E-state index < -0.39 is 0 Å². The standard InChI is InChI=1S/C8H7N3O3/c9-5-1-2-6(12)8-7(5)10(13)3-4-11(8)14/h1-4,12H,9H2. The van der Waals surface area contributed by atoms with E-state index in [0.717, 1.165) is 12.4 Å². The van der Waals surface area contributed by atoms with E-state index in [1.165, 1.54) is 12.1 Å². The Morgan fingerprint density at radius 2 is 1.64 bits per heavy atom. The number of aromatic hydroxyl groups is 1. The van der Waals surface area contributed by atoms with Gasteiger partial charge in [-0.05, 0) is 12.1 Å². The number of hydrogen-bond acceptors (Lipinski definition) is 4. The largest absolute Gasteiger partial charge is 0.618 e. The SMILES string of the molecule is Nc1ccc(O)c2c1[n+]([O-])cc[n+]2[O-]. The molecule has 6 nitrogen and oxygen atoms in total. The lowest BCUT2D eigenvalue weighted by Gasteiger charge is -2.05. The number of phenolic OH excluding ortho intramolecular Hbond substituents is 1. The molecular weight excluding hydrogens is 186 g/mol. The van der Waals surface area contributed by atoms with E-state index in [2.05, 4.69) is 0 Å². The number of nitrogen functional groups attached to an aromatic ring is 1. The highest BCUT2D eigenvalue weighted by molar-refractivity contribution is 5.85. The molecule has 2 aromatic rings. The molecule has 14 heavy (non-hydrogen) atoms. The molecule has 6 heteroatoms. The molecule has 0 saturated heterocycles. The van der Waals surface area contributed by atoms with E-state index in [9.17, 15) is 15.5 Å². The monoisotopic (exact) mass is 193 g/mol. The summed E-state index contributed by atoms with van der Waals surface area (Å²) in [7, 11) is 0. The molecule has 0 unspecified atom stereocenters. The number of rotatable bonds is 0. The number of nitrogens with zero attached hydrogens (tertiary/aromatic N) is 2. The number of fused-ring (bicyclic) bond motifs is 1. The van der Waals surface area contributed by atoms with Gasteiger partial charge < -0.3 is 21.3 Å². The van der Waals surface area contributed by atoms with Crippen molar-refractivity contribution in [2.24, 2.45) is 0 Å². The molecule has 0 aliphatic carbocycles. The third kappa shape index (κ3) is 0.972. The molecule has 1 aromatic heterocycles. The van der Waals surface area contributed by atoms with Gasteiger partial charge in [-0.3, -0.25) is 0 Å². The summed E-state index contributed by atoms with van der Waals surface area (Å²) in [5.74, 6) is -0.269. The van der Waals surface area contributed by atoms with Crippen molar-refractivity contribution >= 4 is 16.7 Å². The van der Waals surface area contributed by atoms with Gasteiger partial charge in [0, 0.05) is 0 Å². The minimum Gasteiger partial charge on any atom is -0.618 e. The van der Waals surface area contributed by atoms with E-state index in [1.54, 1.807) is 0 Å². The van der Waals surface area contributed by atoms with Gasteiger partial charge in [-0.15, -0.1) is 0 Å². The van der Waals surface area contributed by atoms with Gasteiger partial charge in [-0.1, -0.05) is 0 Å². The van der Waals surface area contributed by atoms with Crippen molar-refractivity contribution in [1.82, 2.24) is 0 Å². The Bertz CT molecular complexity index is 423. The van der Waals surface area contributed by atoms with E-state index in [1.807, 2.05) is 0 Å². The highest BCUT2D eigenvalue weighted by atomic mass is 16.5. The van der Waals surface area contributed by atoms with Gasteiger partial charge in [-0.2, -0.15) is 9.46 Å². The highest BCUT2D eigenvalue weighted by Crippen LogP contribution is 2.22. The Morgan fingerprint density at radius 1 is 1.07 bits per heavy atom. The summed E-state index contributed by atoms with van der Waals surface area (Å²) in [6, 6.07) is 2.64. The lowest BCUT2D eigenvalue weighted by Crippen LogP contribution is -2.37. The fourth-order valence-electron chi connectivity index (χ4n) is 1.30. The number of nitrogens with two attached hydrogens (primary N) is 1. The van der Waals surface area contributed by atoms with Crippen molar-refractivity contribution in [2.75, 3.05) is 5.73 Å². The predicted octanol–water partition coefficient (Wildman–Crippen LogP) is -0.606. The summed E-state index contributed by atoms with van der Waals surface area (Å²) in [6.07, 6.45) is 2.04. The van der Waals surface area contributed by atoms with Crippen molar-refractivity contribution in [3.63, 3.8) is 0 Å². The Hall–Kier alpha value is -2.24. The molecule has 1 heterocycles. The molecule has 0 atom stereocenters. The van der Waals surface area contributed by atoms with E-state index in [4.69, 9.17) is 5.73 Å². The molecule has 72 valence electrons. The zero-order chi connectivity index (χ0) is 10.3. The zero-order valence-electron chi connectivity index (χ0n) is 7.04. The fraction of sp³-hybridized carbons (Fsp3) is 0. The molecule has 0 aliphatic rings. The van der Waals surface area contributed by atoms with Crippen LogP contribution in [0.4, 0.5) is 5.69 Å². The van der Waals surface area contributed by atoms with Crippen LogP contribution in [0.25, 0.3) is 11.0 Å². The number of hydrogen-bond donors (Lipinski definition) is 2. The summed E-state index contributed by atoms with van der Waals surface area (Å²) in [4.78, 5) is 0. The van der Waals surface area contributed by atoms with Crippen molar-refractivity contribution in [2.45, 2.75) is 0 Å². The second-order valence-electron chi connectivity index (χ2n) is 2.82. The highest BCUT2D eigenvalue weighted by Gasteiger charge is 2.20. The maximum absolute atomic E-state index is 11.3. The van der Waals surface area contributed by atoms with Crippen LogP contribution in [0.5, 0.6) is 5.75 Å². The maximum atomic E-state index is 11.3. The Labute approximate surface area is 78.6 Å². The number of aromatic nitrogens is 2. The molecular formula is C8H7N3O3. The second kappa shape index (κ2) is 2.63. The minimum absolute atomic E-state index is 0.0255. The zero-order valence-corrected chi connectivity index (χ0v) is 7.04. The molecule has 0 bridgehead atoms. The molecule has 3 N–H and O–H groups in total. The van der Waals surface area contributed by atoms with E-state index in [0.29, 0.717) is 9.46 Å². The van der Waals surface area contributed by atoms with Gasteiger partial charge in [0.25, 0.3) is 0 Å². The van der Waals surface area contributed by atoms with Crippen molar-refractivity contribution in [1.29, 1.82) is 0 Å². The van der Waals surface area contributed by atoms with Gasteiger partial charge in [0.15, 0.2) is 5.75 Å². The number of anilines is 1. The van der Waals surface area contributed by atoms with Crippen LogP contribution in [0.3, 0.4) is 0 Å². The van der Waals surface area contributed by atoms with Crippen LogP contribution in [0.2, 0.25) is 0 Å². The molecule has 0 saturated carbocycles. The van der Waals surface area contributed by atoms with Crippen LogP contribution in [-0.2, 0) is 0 Å². The normalized spacial score (nSPS) is 10.6. The van der Waals surface area contributed by atoms with Crippen LogP contribution >= 0.6 is 0 Å². The van der Waals surface area contributed by atoms with Crippen LogP contribution in [0, 0.1) is 10.4 Å². The summed E-state index contributed by atoms with van der Waals surface area (Å²) in [5.41, 5.74) is 5.51. The summed E-state index contributed by atoms with van der Waals surface area (Å²) < 4.78 is 0.841. The topological polar surface area (TPSA) is 100 Å². The first kappa shape index (κ1) is 8.36. The maximum Gasteiger partial charge on any atom is 0.334 e. The quantitative estimate of drug-likeness (QED) is 0.252. The van der Waals surface area contributed by atoms with Crippen LogP contribution < -0.4 is 15.2 Å². The fourth-order valence-corrected chi connectivity index (χ4v) is 1.30. The minimum atomic E-state index is -0.269. The van der Waals surface area contributed by atoms with Crippen LogP contribution in [-0.4, -0.2) is 5.11 Å². The second-order valence-corrected chi connectivity index (χ2v) is 2.82. The molecule has 0 aliphatic heterocycles.